The van der Waals surface area contributed by atoms with Gasteiger partial charge in [0.2, 0.25) is 15.8 Å². The molecular weight excluding hydrogens is 421 g/mol. The Bertz CT molecular complexity index is 1130. The van der Waals surface area contributed by atoms with Crippen LogP contribution in [0.3, 0.4) is 0 Å². The predicted molar refractivity (Wildman–Crippen MR) is 99.8 cm³/mol. The second kappa shape index (κ2) is 7.73. The van der Waals surface area contributed by atoms with Crippen LogP contribution in [0, 0.1) is 0 Å². The lowest BCUT2D eigenvalue weighted by atomic mass is 10.2. The molecule has 0 fully saturated rings. The van der Waals surface area contributed by atoms with Crippen LogP contribution in [-0.4, -0.2) is 34.0 Å². The van der Waals surface area contributed by atoms with Gasteiger partial charge in [-0.1, -0.05) is 30.3 Å². The van der Waals surface area contributed by atoms with Crippen molar-refractivity contribution < 1.29 is 26.3 Å². The third kappa shape index (κ3) is 4.03. The molecule has 0 saturated heterocycles. The number of sulfonamides is 1. The first-order valence-corrected chi connectivity index (χ1v) is 10.5. The Labute approximate surface area is 170 Å². The van der Waals surface area contributed by atoms with Gasteiger partial charge >= 0.3 is 6.18 Å². The monoisotopic (exact) mass is 438 g/mol. The molecule has 0 saturated carbocycles. The lowest BCUT2D eigenvalue weighted by Gasteiger charge is -2.27. The standard InChI is InChI=1S/C19H17F3N4O3S/c20-19(21,22)18-24-23-17-12-25(10-11-26(17)18)30(27,28)16-8-6-15(7-9-16)29-13-14-4-2-1-3-5-14/h1-9H,10-13H2. The molecule has 0 spiro atoms. The van der Waals surface area contributed by atoms with E-state index in [2.05, 4.69) is 10.2 Å². The number of ether oxygens (including phenoxy) is 1. The average Bonchev–Trinajstić information content (AvgIpc) is 3.17. The van der Waals surface area contributed by atoms with E-state index < -0.39 is 22.0 Å². The van der Waals surface area contributed by atoms with Crippen molar-refractivity contribution in [2.45, 2.75) is 30.8 Å². The van der Waals surface area contributed by atoms with Crippen LogP contribution in [0.15, 0.2) is 59.5 Å². The molecule has 0 N–H and O–H groups in total. The topological polar surface area (TPSA) is 77.3 Å². The minimum absolute atomic E-state index is 0.0265. The van der Waals surface area contributed by atoms with Crippen LogP contribution in [-0.2, 0) is 35.9 Å². The molecule has 11 heteroatoms. The molecule has 3 aromatic rings. The van der Waals surface area contributed by atoms with E-state index in [1.54, 1.807) is 12.1 Å². The molecule has 1 aliphatic heterocycles. The van der Waals surface area contributed by atoms with Gasteiger partial charge in [0.1, 0.15) is 18.2 Å². The van der Waals surface area contributed by atoms with Gasteiger partial charge in [0.25, 0.3) is 0 Å². The minimum atomic E-state index is -4.64. The van der Waals surface area contributed by atoms with Crippen LogP contribution in [0.5, 0.6) is 5.75 Å². The summed E-state index contributed by atoms with van der Waals surface area (Å²) in [5.41, 5.74) is 0.977. The third-order valence-corrected chi connectivity index (χ3v) is 6.54. The van der Waals surface area contributed by atoms with E-state index in [4.69, 9.17) is 4.74 Å². The second-order valence-corrected chi connectivity index (χ2v) is 8.61. The summed E-state index contributed by atoms with van der Waals surface area (Å²) in [6.45, 7) is -0.217. The summed E-state index contributed by atoms with van der Waals surface area (Å²) in [6.07, 6.45) is -4.64. The number of halogens is 3. The molecule has 2 heterocycles. The Morgan fingerprint density at radius 3 is 2.33 bits per heavy atom. The van der Waals surface area contributed by atoms with E-state index in [-0.39, 0.29) is 30.4 Å². The largest absolute Gasteiger partial charge is 0.489 e. The van der Waals surface area contributed by atoms with Gasteiger partial charge in [-0.3, -0.25) is 0 Å². The molecule has 0 atom stereocenters. The molecular formula is C19H17F3N4O3S. The van der Waals surface area contributed by atoms with Crippen molar-refractivity contribution in [3.05, 3.63) is 71.8 Å². The Morgan fingerprint density at radius 2 is 1.67 bits per heavy atom. The summed E-state index contributed by atoms with van der Waals surface area (Å²) >= 11 is 0. The van der Waals surface area contributed by atoms with Gasteiger partial charge in [-0.2, -0.15) is 17.5 Å². The Kier molecular flexibility index (Phi) is 5.24. The highest BCUT2D eigenvalue weighted by Crippen LogP contribution is 2.30. The van der Waals surface area contributed by atoms with Crippen LogP contribution < -0.4 is 4.74 Å². The smallest absolute Gasteiger partial charge is 0.451 e. The fourth-order valence-corrected chi connectivity index (χ4v) is 4.53. The molecule has 0 amide bonds. The molecule has 4 rings (SSSR count). The molecule has 0 bridgehead atoms. The first-order chi connectivity index (χ1) is 14.2. The number of hydrogen-bond acceptors (Lipinski definition) is 5. The van der Waals surface area contributed by atoms with Crippen molar-refractivity contribution in [2.24, 2.45) is 0 Å². The Balaban J connectivity index is 1.47. The van der Waals surface area contributed by atoms with Crippen molar-refractivity contribution in [3.63, 3.8) is 0 Å². The summed E-state index contributed by atoms with van der Waals surface area (Å²) < 4.78 is 72.3. The van der Waals surface area contributed by atoms with Gasteiger partial charge in [-0.05, 0) is 29.8 Å². The molecule has 0 radical (unpaired) electrons. The van der Waals surface area contributed by atoms with E-state index in [0.717, 1.165) is 14.4 Å². The van der Waals surface area contributed by atoms with Gasteiger partial charge in [-0.25, -0.2) is 8.42 Å². The zero-order valence-electron chi connectivity index (χ0n) is 15.6. The lowest BCUT2D eigenvalue weighted by Crippen LogP contribution is -2.39. The number of alkyl halides is 3. The summed E-state index contributed by atoms with van der Waals surface area (Å²) in [5.74, 6) is -0.652. The maximum atomic E-state index is 12.9. The molecule has 0 unspecified atom stereocenters. The average molecular weight is 438 g/mol. The van der Waals surface area contributed by atoms with Crippen molar-refractivity contribution in [1.29, 1.82) is 0 Å². The molecule has 7 nitrogen and oxygen atoms in total. The molecule has 1 aromatic heterocycles. The fraction of sp³-hybridized carbons (Fsp3) is 0.263. The van der Waals surface area contributed by atoms with Gasteiger partial charge in [0, 0.05) is 13.1 Å². The zero-order valence-corrected chi connectivity index (χ0v) is 16.4. The van der Waals surface area contributed by atoms with Gasteiger partial charge in [0.05, 0.1) is 11.4 Å². The highest BCUT2D eigenvalue weighted by atomic mass is 32.2. The van der Waals surface area contributed by atoms with Crippen LogP contribution in [0.2, 0.25) is 0 Å². The summed E-state index contributed by atoms with van der Waals surface area (Å²) in [6, 6.07) is 15.4. The number of nitrogens with zero attached hydrogens (tertiary/aromatic N) is 4. The predicted octanol–water partition coefficient (Wildman–Crippen LogP) is 3.08. The van der Waals surface area contributed by atoms with Gasteiger partial charge in [0.15, 0.2) is 0 Å². The quantitative estimate of drug-likeness (QED) is 0.612. The Hall–Kier alpha value is -2.92. The van der Waals surface area contributed by atoms with E-state index in [0.29, 0.717) is 12.4 Å². The number of hydrogen-bond donors (Lipinski definition) is 0. The van der Waals surface area contributed by atoms with E-state index >= 15 is 0 Å². The lowest BCUT2D eigenvalue weighted by molar-refractivity contribution is -0.147. The van der Waals surface area contributed by atoms with E-state index in [1.807, 2.05) is 30.3 Å². The van der Waals surface area contributed by atoms with Crippen LogP contribution in [0.4, 0.5) is 13.2 Å². The second-order valence-electron chi connectivity index (χ2n) is 6.67. The van der Waals surface area contributed by atoms with Crippen molar-refractivity contribution in [2.75, 3.05) is 6.54 Å². The first-order valence-electron chi connectivity index (χ1n) is 9.01. The SMILES string of the molecule is O=S(=O)(c1ccc(OCc2ccccc2)cc1)N1CCn2c(nnc2C(F)(F)F)C1. The molecule has 30 heavy (non-hydrogen) atoms. The number of rotatable bonds is 5. The summed E-state index contributed by atoms with van der Waals surface area (Å²) in [7, 11) is -3.90. The highest BCUT2D eigenvalue weighted by Gasteiger charge is 2.40. The van der Waals surface area contributed by atoms with E-state index in [9.17, 15) is 21.6 Å². The maximum absolute atomic E-state index is 12.9. The van der Waals surface area contributed by atoms with Crippen molar-refractivity contribution in [1.82, 2.24) is 19.1 Å². The Morgan fingerprint density at radius 1 is 0.967 bits per heavy atom. The minimum Gasteiger partial charge on any atom is -0.489 e. The van der Waals surface area contributed by atoms with Crippen LogP contribution in [0.1, 0.15) is 17.2 Å². The highest BCUT2D eigenvalue weighted by molar-refractivity contribution is 7.89. The van der Waals surface area contributed by atoms with Crippen LogP contribution >= 0.6 is 0 Å². The number of benzene rings is 2. The molecule has 0 aliphatic carbocycles. The summed E-state index contributed by atoms with van der Waals surface area (Å²) in [4.78, 5) is 0.0265. The number of fused-ring (bicyclic) bond motifs is 1. The van der Waals surface area contributed by atoms with Crippen LogP contribution in [0.25, 0.3) is 0 Å². The molecule has 1 aliphatic rings. The van der Waals surface area contributed by atoms with Crippen molar-refractivity contribution in [3.8, 4) is 5.75 Å². The first kappa shape index (κ1) is 20.4. The normalized spacial score (nSPS) is 15.0. The maximum Gasteiger partial charge on any atom is 0.451 e. The van der Waals surface area contributed by atoms with Gasteiger partial charge < -0.3 is 9.30 Å². The summed E-state index contributed by atoms with van der Waals surface area (Å²) in [5, 5.41) is 6.68. The zero-order chi connectivity index (χ0) is 21.4. The number of aromatic nitrogens is 3. The van der Waals surface area contributed by atoms with Gasteiger partial charge in [-0.15, -0.1) is 10.2 Å². The fourth-order valence-electron chi connectivity index (χ4n) is 3.15. The van der Waals surface area contributed by atoms with Crippen molar-refractivity contribution >= 4 is 10.0 Å². The van der Waals surface area contributed by atoms with E-state index in [1.165, 1.54) is 12.1 Å². The third-order valence-electron chi connectivity index (χ3n) is 4.68. The molecule has 2 aromatic carbocycles. The molecule has 158 valence electrons.